The predicted molar refractivity (Wildman–Crippen MR) is 39.3 cm³/mol. The minimum Gasteiger partial charge on any atom is -0.405 e. The molecule has 4 nitrogen and oxygen atoms in total. The molecule has 0 aromatic carbocycles. The molecule has 0 unspecified atom stereocenters. The highest BCUT2D eigenvalue weighted by molar-refractivity contribution is 6.34. The van der Waals surface area contributed by atoms with Gasteiger partial charge in [0.15, 0.2) is 11.5 Å². The molecule has 1 N–H and O–H groups in total. The lowest BCUT2D eigenvalue weighted by atomic mass is 10.0. The summed E-state index contributed by atoms with van der Waals surface area (Å²) in [6.07, 6.45) is 0.269. The zero-order chi connectivity index (χ0) is 8.43. The van der Waals surface area contributed by atoms with Crippen molar-refractivity contribution in [1.82, 2.24) is 4.98 Å². The maximum absolute atomic E-state index is 10.9. The number of carbonyl (C=O) groups excluding carboxylic acids is 1. The zero-order valence-electron chi connectivity index (χ0n) is 6.01. The monoisotopic (exact) mass is 151 g/mol. The van der Waals surface area contributed by atoms with E-state index in [1.54, 1.807) is 6.92 Å². The molecule has 5 heteroatoms. The van der Waals surface area contributed by atoms with Gasteiger partial charge in [-0.3, -0.25) is 4.79 Å². The fourth-order valence-corrected chi connectivity index (χ4v) is 0.708. The average molecular weight is 151 g/mol. The number of H-pyrrole nitrogens is 1. The van der Waals surface area contributed by atoms with Gasteiger partial charge in [-0.25, -0.2) is 4.79 Å². The van der Waals surface area contributed by atoms with Crippen LogP contribution in [0.1, 0.15) is 23.9 Å². The molecule has 0 aliphatic heterocycles. The summed E-state index contributed by atoms with van der Waals surface area (Å²) < 4.78 is 4.48. The van der Waals surface area contributed by atoms with E-state index < -0.39 is 5.76 Å². The highest BCUT2D eigenvalue weighted by atomic mass is 16.4. The van der Waals surface area contributed by atoms with Gasteiger partial charge in [-0.15, -0.1) is 0 Å². The van der Waals surface area contributed by atoms with Crippen LogP contribution in [0.3, 0.4) is 0 Å². The molecule has 1 aromatic rings. The summed E-state index contributed by atoms with van der Waals surface area (Å²) in [4.78, 5) is 23.5. The molecule has 2 radical (unpaired) electrons. The highest BCUT2D eigenvalue weighted by Gasteiger charge is 2.11. The van der Waals surface area contributed by atoms with E-state index in [0.717, 1.165) is 0 Å². The predicted octanol–water partition coefficient (Wildman–Crippen LogP) is -0.646. The average Bonchev–Trinajstić information content (AvgIpc) is 2.28. The van der Waals surface area contributed by atoms with Crippen molar-refractivity contribution >= 4 is 19.2 Å². The number of oxazole rings is 1. The quantitative estimate of drug-likeness (QED) is 0.451. The molecule has 11 heavy (non-hydrogen) atoms. The van der Waals surface area contributed by atoms with Crippen molar-refractivity contribution in [2.45, 2.75) is 13.3 Å². The summed E-state index contributed by atoms with van der Waals surface area (Å²) in [5, 5.41) is 0. The standard InChI is InChI=1S/C6H6BNO3/c1-2-3(9)4-5(7)8-6(10)11-4/h2H2,1H3,(H,8,10). The Kier molecular flexibility index (Phi) is 1.98. The van der Waals surface area contributed by atoms with Crippen LogP contribution in [-0.2, 0) is 0 Å². The Hall–Kier alpha value is -1.26. The molecule has 0 saturated heterocycles. The smallest absolute Gasteiger partial charge is 0.405 e. The maximum Gasteiger partial charge on any atom is 0.416 e. The van der Waals surface area contributed by atoms with E-state index in [9.17, 15) is 9.59 Å². The lowest BCUT2D eigenvalue weighted by molar-refractivity contribution is 0.0961. The van der Waals surface area contributed by atoms with Crippen molar-refractivity contribution in [2.24, 2.45) is 0 Å². The van der Waals surface area contributed by atoms with E-state index in [2.05, 4.69) is 9.40 Å². The summed E-state index contributed by atoms with van der Waals surface area (Å²) >= 11 is 0. The van der Waals surface area contributed by atoms with Gasteiger partial charge in [-0.05, 0) is 0 Å². The van der Waals surface area contributed by atoms with Crippen LogP contribution in [0.15, 0.2) is 9.21 Å². The van der Waals surface area contributed by atoms with Crippen LogP contribution >= 0.6 is 0 Å². The Morgan fingerprint density at radius 3 is 2.73 bits per heavy atom. The minimum atomic E-state index is -0.695. The van der Waals surface area contributed by atoms with E-state index in [0.29, 0.717) is 0 Å². The molecular weight excluding hydrogens is 145 g/mol. The fraction of sp³-hybridized carbons (Fsp3) is 0.333. The number of hydrogen-bond donors (Lipinski definition) is 1. The van der Waals surface area contributed by atoms with Crippen molar-refractivity contribution in [2.75, 3.05) is 0 Å². The number of ketones is 1. The van der Waals surface area contributed by atoms with E-state index in [1.165, 1.54) is 0 Å². The van der Waals surface area contributed by atoms with Crippen LogP contribution in [0.2, 0.25) is 0 Å². The summed E-state index contributed by atoms with van der Waals surface area (Å²) in [7, 11) is 5.25. The molecule has 0 saturated carbocycles. The second-order valence-electron chi connectivity index (χ2n) is 2.03. The van der Waals surface area contributed by atoms with Crippen LogP contribution < -0.4 is 11.3 Å². The number of rotatable bonds is 2. The molecule has 0 spiro atoms. The van der Waals surface area contributed by atoms with Crippen molar-refractivity contribution in [1.29, 1.82) is 0 Å². The molecule has 0 aliphatic carbocycles. The van der Waals surface area contributed by atoms with Gasteiger partial charge in [0.1, 0.15) is 7.85 Å². The lowest BCUT2D eigenvalue weighted by Gasteiger charge is -1.89. The number of nitrogens with one attached hydrogen (secondary N) is 1. The number of hydrogen-bond acceptors (Lipinski definition) is 3. The molecule has 0 aliphatic rings. The molecule has 1 heterocycles. The number of Topliss-reactive ketones (excluding diaryl/α,β-unsaturated/α-hetero) is 1. The third kappa shape index (κ3) is 1.42. The van der Waals surface area contributed by atoms with Crippen LogP contribution in [0, 0.1) is 0 Å². The summed E-state index contributed by atoms with van der Waals surface area (Å²) in [6, 6.07) is 0. The zero-order valence-corrected chi connectivity index (χ0v) is 6.01. The molecule has 0 amide bonds. The maximum atomic E-state index is 10.9. The largest absolute Gasteiger partial charge is 0.416 e. The Labute approximate surface area is 64.0 Å². The van der Waals surface area contributed by atoms with Gasteiger partial charge in [0.05, 0.1) is 0 Å². The number of carbonyl (C=O) groups is 1. The second-order valence-corrected chi connectivity index (χ2v) is 2.03. The van der Waals surface area contributed by atoms with E-state index in [1.807, 2.05) is 0 Å². The minimum absolute atomic E-state index is 0.00171. The van der Waals surface area contributed by atoms with Crippen LogP contribution in [-0.4, -0.2) is 18.6 Å². The van der Waals surface area contributed by atoms with Gasteiger partial charge in [0.25, 0.3) is 0 Å². The Morgan fingerprint density at radius 1 is 1.73 bits per heavy atom. The van der Waals surface area contributed by atoms with Crippen molar-refractivity contribution in [3.63, 3.8) is 0 Å². The van der Waals surface area contributed by atoms with E-state index >= 15 is 0 Å². The van der Waals surface area contributed by atoms with Gasteiger partial charge in [-0.1, -0.05) is 6.92 Å². The molecule has 1 aromatic heterocycles. The Bertz CT molecular complexity index is 325. The molecule has 56 valence electrons. The van der Waals surface area contributed by atoms with E-state index in [4.69, 9.17) is 7.85 Å². The number of aromatic amines is 1. The topological polar surface area (TPSA) is 63.1 Å². The van der Waals surface area contributed by atoms with Crippen molar-refractivity contribution < 1.29 is 9.21 Å². The first-order valence-electron chi connectivity index (χ1n) is 3.17. The molecular formula is C6H6BNO3. The SMILES string of the molecule is [B]c1[nH]c(=O)oc1C(=O)CC. The first-order chi connectivity index (χ1) is 5.15. The van der Waals surface area contributed by atoms with Gasteiger partial charge >= 0.3 is 5.76 Å². The lowest BCUT2D eigenvalue weighted by Crippen LogP contribution is -2.15. The number of aromatic nitrogens is 1. The summed E-state index contributed by atoms with van der Waals surface area (Å²) in [6.45, 7) is 1.66. The van der Waals surface area contributed by atoms with Crippen molar-refractivity contribution in [3.05, 3.63) is 16.3 Å². The van der Waals surface area contributed by atoms with Gasteiger partial charge < -0.3 is 9.40 Å². The van der Waals surface area contributed by atoms with Crippen molar-refractivity contribution in [3.8, 4) is 0 Å². The Balaban J connectivity index is 3.13. The summed E-state index contributed by atoms with van der Waals surface area (Å²) in [5.41, 5.74) is 0.00171. The van der Waals surface area contributed by atoms with E-state index in [-0.39, 0.29) is 23.6 Å². The first-order valence-corrected chi connectivity index (χ1v) is 3.17. The highest BCUT2D eigenvalue weighted by Crippen LogP contribution is 1.94. The van der Waals surface area contributed by atoms with Gasteiger partial charge in [-0.2, -0.15) is 0 Å². The van der Waals surface area contributed by atoms with Crippen LogP contribution in [0.5, 0.6) is 0 Å². The Morgan fingerprint density at radius 2 is 2.36 bits per heavy atom. The second kappa shape index (κ2) is 2.78. The molecule has 0 bridgehead atoms. The van der Waals surface area contributed by atoms with Gasteiger partial charge in [0.2, 0.25) is 0 Å². The first kappa shape index (κ1) is 7.85. The van der Waals surface area contributed by atoms with Crippen LogP contribution in [0.25, 0.3) is 0 Å². The summed E-state index contributed by atoms with van der Waals surface area (Å²) in [5.74, 6) is -1.04. The molecule has 1 rings (SSSR count). The third-order valence-corrected chi connectivity index (χ3v) is 1.25. The fourth-order valence-electron chi connectivity index (χ4n) is 0.708. The van der Waals surface area contributed by atoms with Gasteiger partial charge in [0, 0.05) is 12.0 Å². The third-order valence-electron chi connectivity index (χ3n) is 1.25. The van der Waals surface area contributed by atoms with Crippen LogP contribution in [0.4, 0.5) is 0 Å². The molecule has 0 atom stereocenters. The molecule has 0 fully saturated rings. The normalized spacial score (nSPS) is 9.91.